The van der Waals surface area contributed by atoms with E-state index in [-0.39, 0.29) is 22.8 Å². The van der Waals surface area contributed by atoms with Crippen molar-refractivity contribution in [1.82, 2.24) is 14.9 Å². The first-order valence-electron chi connectivity index (χ1n) is 9.72. The second-order valence-corrected chi connectivity index (χ2v) is 10.3. The van der Waals surface area contributed by atoms with Crippen LogP contribution in [0.2, 0.25) is 0 Å². The van der Waals surface area contributed by atoms with Crippen LogP contribution >= 0.6 is 34.4 Å². The van der Waals surface area contributed by atoms with Crippen LogP contribution in [0.15, 0.2) is 45.5 Å². The van der Waals surface area contributed by atoms with Gasteiger partial charge < -0.3 is 5.32 Å². The molecule has 0 radical (unpaired) electrons. The van der Waals surface area contributed by atoms with Crippen molar-refractivity contribution in [3.05, 3.63) is 45.9 Å². The van der Waals surface area contributed by atoms with Gasteiger partial charge in [0.05, 0.1) is 10.6 Å². The summed E-state index contributed by atoms with van der Waals surface area (Å²) in [5.41, 5.74) is 0.851. The monoisotopic (exact) mass is 445 g/mol. The van der Waals surface area contributed by atoms with E-state index >= 15 is 0 Å². The Hall–Kier alpha value is -1.90. The average molecular weight is 446 g/mol. The SMILES string of the molecule is C=CCn1c(SC(C)C(=O)NC2CCCC2)nc2scc(-c3cccs3)c2c1=O. The summed E-state index contributed by atoms with van der Waals surface area (Å²) >= 11 is 4.42. The van der Waals surface area contributed by atoms with Gasteiger partial charge in [-0.05, 0) is 31.2 Å². The summed E-state index contributed by atoms with van der Waals surface area (Å²) in [5, 5.41) is 8.02. The van der Waals surface area contributed by atoms with Crippen LogP contribution in [0.4, 0.5) is 0 Å². The molecule has 0 aliphatic heterocycles. The highest BCUT2D eigenvalue weighted by atomic mass is 32.2. The van der Waals surface area contributed by atoms with Crippen molar-refractivity contribution in [2.45, 2.75) is 55.6 Å². The van der Waals surface area contributed by atoms with Crippen LogP contribution in [0.1, 0.15) is 32.6 Å². The predicted octanol–water partition coefficient (Wildman–Crippen LogP) is 4.91. The molecule has 1 unspecified atom stereocenters. The molecular weight excluding hydrogens is 422 g/mol. The number of allylic oxidation sites excluding steroid dienone is 1. The van der Waals surface area contributed by atoms with Crippen LogP contribution in [-0.4, -0.2) is 26.8 Å². The summed E-state index contributed by atoms with van der Waals surface area (Å²) in [6.45, 7) is 6.02. The highest BCUT2D eigenvalue weighted by Crippen LogP contribution is 2.35. The number of thioether (sulfide) groups is 1. The van der Waals surface area contributed by atoms with E-state index in [1.165, 1.54) is 35.9 Å². The minimum atomic E-state index is -0.326. The molecule has 1 fully saturated rings. The summed E-state index contributed by atoms with van der Waals surface area (Å²) in [4.78, 5) is 32.5. The molecule has 0 spiro atoms. The average Bonchev–Trinajstić information content (AvgIpc) is 3.45. The normalized spacial score (nSPS) is 15.6. The number of carbonyl (C=O) groups is 1. The molecule has 8 heteroatoms. The standard InChI is InChI=1S/C21H23N3O2S3/c1-3-10-24-20(26)17-15(16-9-6-11-27-16)12-28-19(17)23-21(24)29-13(2)18(25)22-14-7-4-5-8-14/h3,6,9,11-14H,1,4-5,7-8,10H2,2H3,(H,22,25). The largest absolute Gasteiger partial charge is 0.352 e. The van der Waals surface area contributed by atoms with Crippen molar-refractivity contribution in [2.75, 3.05) is 0 Å². The van der Waals surface area contributed by atoms with Crippen molar-refractivity contribution in [3.8, 4) is 10.4 Å². The molecule has 29 heavy (non-hydrogen) atoms. The highest BCUT2D eigenvalue weighted by Gasteiger charge is 2.24. The molecule has 152 valence electrons. The first-order valence-corrected chi connectivity index (χ1v) is 12.4. The second kappa shape index (κ2) is 8.85. The van der Waals surface area contributed by atoms with Gasteiger partial charge in [0.2, 0.25) is 5.91 Å². The zero-order chi connectivity index (χ0) is 20.4. The third-order valence-electron chi connectivity index (χ3n) is 5.11. The fraction of sp³-hybridized carbons (Fsp3) is 0.381. The Morgan fingerprint density at radius 3 is 2.93 bits per heavy atom. The van der Waals surface area contributed by atoms with Gasteiger partial charge in [-0.25, -0.2) is 4.98 Å². The number of nitrogens with zero attached hydrogens (tertiary/aromatic N) is 2. The van der Waals surface area contributed by atoms with Gasteiger partial charge in [-0.2, -0.15) is 0 Å². The summed E-state index contributed by atoms with van der Waals surface area (Å²) in [7, 11) is 0. The van der Waals surface area contributed by atoms with Crippen molar-refractivity contribution in [1.29, 1.82) is 0 Å². The fourth-order valence-corrected chi connectivity index (χ4v) is 6.33. The topological polar surface area (TPSA) is 64.0 Å². The molecule has 1 saturated carbocycles. The van der Waals surface area contributed by atoms with E-state index in [0.29, 0.717) is 21.9 Å². The molecule has 0 saturated heterocycles. The first kappa shape index (κ1) is 20.4. The van der Waals surface area contributed by atoms with E-state index in [9.17, 15) is 9.59 Å². The molecule has 0 bridgehead atoms. The minimum absolute atomic E-state index is 0.00635. The van der Waals surface area contributed by atoms with Crippen LogP contribution in [0.5, 0.6) is 0 Å². The Kier molecular flexibility index (Phi) is 6.22. The molecule has 4 rings (SSSR count). The summed E-state index contributed by atoms with van der Waals surface area (Å²) in [6.07, 6.45) is 6.15. The molecule has 1 N–H and O–H groups in total. The lowest BCUT2D eigenvalue weighted by Crippen LogP contribution is -2.38. The lowest BCUT2D eigenvalue weighted by atomic mass is 10.2. The maximum atomic E-state index is 13.3. The van der Waals surface area contributed by atoms with Crippen LogP contribution in [-0.2, 0) is 11.3 Å². The molecular formula is C21H23N3O2S3. The van der Waals surface area contributed by atoms with Crippen LogP contribution < -0.4 is 10.9 Å². The van der Waals surface area contributed by atoms with Crippen molar-refractivity contribution >= 4 is 50.6 Å². The van der Waals surface area contributed by atoms with E-state index in [0.717, 1.165) is 23.3 Å². The number of rotatable bonds is 7. The smallest absolute Gasteiger partial charge is 0.263 e. The molecule has 1 aliphatic rings. The Labute approximate surface area is 181 Å². The van der Waals surface area contributed by atoms with Gasteiger partial charge in [-0.3, -0.25) is 14.2 Å². The van der Waals surface area contributed by atoms with Gasteiger partial charge in [0.25, 0.3) is 5.56 Å². The molecule has 3 heterocycles. The number of fused-ring (bicyclic) bond motifs is 1. The number of amides is 1. The lowest BCUT2D eigenvalue weighted by molar-refractivity contribution is -0.120. The van der Waals surface area contributed by atoms with E-state index in [2.05, 4.69) is 11.9 Å². The third kappa shape index (κ3) is 4.20. The maximum Gasteiger partial charge on any atom is 0.263 e. The Balaban J connectivity index is 1.66. The summed E-state index contributed by atoms with van der Waals surface area (Å²) in [6, 6.07) is 4.28. The molecule has 3 aromatic heterocycles. The van der Waals surface area contributed by atoms with E-state index < -0.39 is 0 Å². The van der Waals surface area contributed by atoms with Crippen molar-refractivity contribution < 1.29 is 4.79 Å². The summed E-state index contributed by atoms with van der Waals surface area (Å²) in [5.74, 6) is 0.00635. The van der Waals surface area contributed by atoms with E-state index in [4.69, 9.17) is 4.98 Å². The third-order valence-corrected chi connectivity index (χ3v) is 7.98. The molecule has 1 atom stereocenters. The van der Waals surface area contributed by atoms with Gasteiger partial charge in [0.1, 0.15) is 4.83 Å². The van der Waals surface area contributed by atoms with Gasteiger partial charge in [0.15, 0.2) is 5.16 Å². The molecule has 1 amide bonds. The molecule has 5 nitrogen and oxygen atoms in total. The van der Waals surface area contributed by atoms with E-state index in [1.54, 1.807) is 22.0 Å². The predicted molar refractivity (Wildman–Crippen MR) is 123 cm³/mol. The van der Waals surface area contributed by atoms with Gasteiger partial charge in [-0.15, -0.1) is 29.3 Å². The van der Waals surface area contributed by atoms with Crippen LogP contribution in [0.25, 0.3) is 20.7 Å². The van der Waals surface area contributed by atoms with Crippen molar-refractivity contribution in [2.24, 2.45) is 0 Å². The maximum absolute atomic E-state index is 13.3. The fourth-order valence-electron chi connectivity index (χ4n) is 3.60. The number of nitrogens with one attached hydrogen (secondary N) is 1. The van der Waals surface area contributed by atoms with Gasteiger partial charge in [0, 0.05) is 28.4 Å². The van der Waals surface area contributed by atoms with Crippen LogP contribution in [0.3, 0.4) is 0 Å². The number of aromatic nitrogens is 2. The second-order valence-electron chi connectivity index (χ2n) is 7.16. The van der Waals surface area contributed by atoms with E-state index in [1.807, 2.05) is 29.8 Å². The molecule has 1 aliphatic carbocycles. The lowest BCUT2D eigenvalue weighted by Gasteiger charge is -2.17. The number of hydrogen-bond acceptors (Lipinski definition) is 6. The Morgan fingerprint density at radius 1 is 1.45 bits per heavy atom. The first-order chi connectivity index (χ1) is 14.1. The zero-order valence-electron chi connectivity index (χ0n) is 16.2. The summed E-state index contributed by atoms with van der Waals surface area (Å²) < 4.78 is 1.63. The Bertz CT molecular complexity index is 1080. The molecule has 3 aromatic rings. The quantitative estimate of drug-likeness (QED) is 0.319. The number of hydrogen-bond donors (Lipinski definition) is 1. The molecule has 0 aromatic carbocycles. The number of thiophene rings is 2. The Morgan fingerprint density at radius 2 is 2.24 bits per heavy atom. The van der Waals surface area contributed by atoms with Gasteiger partial charge >= 0.3 is 0 Å². The van der Waals surface area contributed by atoms with Crippen molar-refractivity contribution in [3.63, 3.8) is 0 Å². The minimum Gasteiger partial charge on any atom is -0.352 e. The zero-order valence-corrected chi connectivity index (χ0v) is 18.7. The highest BCUT2D eigenvalue weighted by molar-refractivity contribution is 8.00. The number of carbonyl (C=O) groups excluding carboxylic acids is 1. The van der Waals surface area contributed by atoms with Crippen LogP contribution in [0, 0.1) is 0 Å². The van der Waals surface area contributed by atoms with Gasteiger partial charge in [-0.1, -0.05) is 36.7 Å².